The molecule has 0 bridgehead atoms. The van der Waals surface area contributed by atoms with Gasteiger partial charge in [0, 0.05) is 23.7 Å². The molecule has 2 aliphatic rings. The van der Waals surface area contributed by atoms with Crippen molar-refractivity contribution in [3.8, 4) is 0 Å². The lowest BCUT2D eigenvalue weighted by atomic mass is 9.94. The van der Waals surface area contributed by atoms with Crippen LogP contribution in [0, 0.1) is 13.8 Å². The summed E-state index contributed by atoms with van der Waals surface area (Å²) in [5, 5.41) is 6.73. The Morgan fingerprint density at radius 2 is 1.85 bits per heavy atom. The first kappa shape index (κ1) is 23.9. The topological polar surface area (TPSA) is 83.0 Å². The average molecular weight is 479 g/mol. The Balaban J connectivity index is 1.60. The van der Waals surface area contributed by atoms with Gasteiger partial charge >= 0.3 is 12.0 Å². The van der Waals surface area contributed by atoms with Crippen molar-refractivity contribution in [1.29, 1.82) is 0 Å². The number of allylic oxidation sites excluding steroid dienone is 1. The van der Waals surface area contributed by atoms with Crippen LogP contribution in [0.5, 0.6) is 0 Å². The Hall–Kier alpha value is -3.26. The quantitative estimate of drug-likeness (QED) is 0.544. The number of urea groups is 1. The van der Waals surface area contributed by atoms with Gasteiger partial charge in [0.05, 0.1) is 23.9 Å². The van der Waals surface area contributed by atoms with Crippen molar-refractivity contribution in [2.45, 2.75) is 40.2 Å². The van der Waals surface area contributed by atoms with Crippen LogP contribution >= 0.6 is 11.8 Å². The van der Waals surface area contributed by atoms with Crippen LogP contribution in [0.2, 0.25) is 0 Å². The number of nitrogens with zero attached hydrogens (tertiary/aromatic N) is 2. The molecule has 178 valence electrons. The number of esters is 1. The van der Waals surface area contributed by atoms with Crippen LogP contribution in [0.15, 0.2) is 58.7 Å². The molecule has 8 heteroatoms. The molecule has 2 aromatic carbocycles. The van der Waals surface area contributed by atoms with Crippen molar-refractivity contribution in [3.05, 3.63) is 70.4 Å². The first-order valence-electron chi connectivity index (χ1n) is 11.5. The summed E-state index contributed by atoms with van der Waals surface area (Å²) in [6.45, 7) is 8.81. The maximum atomic E-state index is 12.9. The van der Waals surface area contributed by atoms with Gasteiger partial charge < -0.3 is 20.3 Å². The largest absolute Gasteiger partial charge is 0.463 e. The van der Waals surface area contributed by atoms with E-state index in [4.69, 9.17) is 9.73 Å². The number of carbonyl (C=O) groups is 2. The highest BCUT2D eigenvalue weighted by Gasteiger charge is 2.37. The Bertz CT molecular complexity index is 1170. The summed E-state index contributed by atoms with van der Waals surface area (Å²) in [6.07, 6.45) is 1.01. The summed E-state index contributed by atoms with van der Waals surface area (Å²) in [7, 11) is 0. The van der Waals surface area contributed by atoms with E-state index in [1.807, 2.05) is 63.2 Å². The monoisotopic (exact) mass is 478 g/mol. The number of thioether (sulfide) groups is 1. The first-order chi connectivity index (χ1) is 16.4. The summed E-state index contributed by atoms with van der Waals surface area (Å²) in [6, 6.07) is 12.8. The van der Waals surface area contributed by atoms with Gasteiger partial charge in [0.25, 0.3) is 0 Å². The molecular formula is C26H30N4O3S. The van der Waals surface area contributed by atoms with Crippen molar-refractivity contribution in [1.82, 2.24) is 4.90 Å². The molecule has 7 nitrogen and oxygen atoms in total. The van der Waals surface area contributed by atoms with Crippen molar-refractivity contribution in [2.75, 3.05) is 29.5 Å². The molecule has 0 aliphatic carbocycles. The summed E-state index contributed by atoms with van der Waals surface area (Å²) in [5.74, 6) is 0.652. The highest BCUT2D eigenvalue weighted by Crippen LogP contribution is 2.40. The number of fused-ring (bicyclic) bond motifs is 1. The molecule has 1 fully saturated rings. The van der Waals surface area contributed by atoms with Crippen LogP contribution in [0.25, 0.3) is 0 Å². The van der Waals surface area contributed by atoms with Crippen LogP contribution in [-0.2, 0) is 9.53 Å². The van der Waals surface area contributed by atoms with E-state index in [-0.39, 0.29) is 18.0 Å². The molecule has 34 heavy (non-hydrogen) atoms. The van der Waals surface area contributed by atoms with Crippen LogP contribution in [-0.4, -0.2) is 41.0 Å². The number of aliphatic imine (C=N–C) groups is 1. The number of aryl methyl sites for hydroxylation is 2. The zero-order valence-electron chi connectivity index (χ0n) is 20.0. The Labute approximate surface area is 204 Å². The lowest BCUT2D eigenvalue weighted by molar-refractivity contribution is -0.139. The van der Waals surface area contributed by atoms with Gasteiger partial charge in [-0.2, -0.15) is 0 Å². The van der Waals surface area contributed by atoms with Gasteiger partial charge in [-0.15, -0.1) is 0 Å². The lowest BCUT2D eigenvalue weighted by Crippen LogP contribution is -2.42. The summed E-state index contributed by atoms with van der Waals surface area (Å²) in [5.41, 5.74) is 5.79. The number of amidine groups is 1. The molecule has 4 rings (SSSR count). The van der Waals surface area contributed by atoms with E-state index in [9.17, 15) is 9.59 Å². The van der Waals surface area contributed by atoms with Crippen LogP contribution in [0.1, 0.15) is 43.0 Å². The second kappa shape index (κ2) is 10.3. The Morgan fingerprint density at radius 3 is 2.59 bits per heavy atom. The van der Waals surface area contributed by atoms with Gasteiger partial charge in [-0.1, -0.05) is 30.0 Å². The summed E-state index contributed by atoms with van der Waals surface area (Å²) >= 11 is 1.70. The van der Waals surface area contributed by atoms with E-state index in [1.54, 1.807) is 18.7 Å². The third-order valence-electron chi connectivity index (χ3n) is 5.98. The summed E-state index contributed by atoms with van der Waals surface area (Å²) in [4.78, 5) is 32.5. The smallest absolute Gasteiger partial charge is 0.338 e. The molecular weight excluding hydrogens is 448 g/mol. The van der Waals surface area contributed by atoms with Gasteiger partial charge in [-0.25, -0.2) is 14.6 Å². The maximum Gasteiger partial charge on any atom is 0.338 e. The molecule has 1 atom stereocenters. The first-order valence-corrected chi connectivity index (χ1v) is 12.5. The summed E-state index contributed by atoms with van der Waals surface area (Å²) < 4.78 is 5.38. The van der Waals surface area contributed by atoms with Crippen LogP contribution in [0.4, 0.5) is 16.2 Å². The molecule has 2 amide bonds. The second-order valence-electron chi connectivity index (χ2n) is 8.42. The van der Waals surface area contributed by atoms with Crippen molar-refractivity contribution in [3.63, 3.8) is 0 Å². The van der Waals surface area contributed by atoms with E-state index in [0.29, 0.717) is 23.6 Å². The molecule has 0 saturated carbocycles. The van der Waals surface area contributed by atoms with E-state index < -0.39 is 0 Å². The standard InChI is InChI=1S/C26H30N4O3S/c1-5-33-24(31)22-18(4)27-26-30(12-7-13-34-26)23(22)19-8-6-9-20(15-19)28-25(32)29-21-11-10-16(2)17(3)14-21/h6,8-11,14-15,23H,5,7,12-13H2,1-4H3,(H2,28,29,32). The Kier molecular flexibility index (Phi) is 7.26. The molecule has 2 aliphatic heterocycles. The number of anilines is 2. The third-order valence-corrected chi connectivity index (χ3v) is 7.06. The third kappa shape index (κ3) is 5.12. The highest BCUT2D eigenvalue weighted by molar-refractivity contribution is 8.13. The van der Waals surface area contributed by atoms with E-state index in [2.05, 4.69) is 15.5 Å². The predicted molar refractivity (Wildman–Crippen MR) is 138 cm³/mol. The second-order valence-corrected chi connectivity index (χ2v) is 9.48. The van der Waals surface area contributed by atoms with Crippen LogP contribution in [0.3, 0.4) is 0 Å². The normalized spacial score (nSPS) is 17.6. The molecule has 0 spiro atoms. The number of ether oxygens (including phenoxy) is 1. The number of benzene rings is 2. The maximum absolute atomic E-state index is 12.9. The van der Waals surface area contributed by atoms with Crippen molar-refractivity contribution in [2.24, 2.45) is 4.99 Å². The predicted octanol–water partition coefficient (Wildman–Crippen LogP) is 5.63. The molecule has 0 radical (unpaired) electrons. The van der Waals surface area contributed by atoms with Crippen LogP contribution < -0.4 is 10.6 Å². The van der Waals surface area contributed by atoms with E-state index in [0.717, 1.165) is 40.7 Å². The van der Waals surface area contributed by atoms with Gasteiger partial charge in [0.2, 0.25) is 0 Å². The molecule has 1 saturated heterocycles. The van der Waals surface area contributed by atoms with Crippen molar-refractivity contribution < 1.29 is 14.3 Å². The number of carbonyl (C=O) groups excluding carboxylic acids is 2. The minimum absolute atomic E-state index is 0.300. The lowest BCUT2D eigenvalue weighted by Gasteiger charge is -2.40. The molecule has 2 aromatic rings. The number of rotatable bonds is 5. The number of hydrogen-bond donors (Lipinski definition) is 2. The zero-order valence-corrected chi connectivity index (χ0v) is 20.8. The molecule has 1 unspecified atom stereocenters. The van der Waals surface area contributed by atoms with Gasteiger partial charge in [0.15, 0.2) is 5.17 Å². The minimum Gasteiger partial charge on any atom is -0.463 e. The average Bonchev–Trinajstić information content (AvgIpc) is 2.80. The SMILES string of the molecule is CCOC(=O)C1=C(C)N=C2SCCCN2C1c1cccc(NC(=O)Nc2ccc(C)c(C)c2)c1. The van der Waals surface area contributed by atoms with E-state index >= 15 is 0 Å². The molecule has 2 N–H and O–H groups in total. The van der Waals surface area contributed by atoms with E-state index in [1.165, 1.54) is 5.56 Å². The fourth-order valence-corrected chi connectivity index (χ4v) is 5.20. The number of nitrogens with one attached hydrogen (secondary N) is 2. The minimum atomic E-state index is -0.353. The fraction of sp³-hybridized carbons (Fsp3) is 0.346. The number of hydrogen-bond acceptors (Lipinski definition) is 6. The molecule has 2 heterocycles. The van der Waals surface area contributed by atoms with Gasteiger partial charge in [-0.05, 0) is 75.1 Å². The molecule has 0 aromatic heterocycles. The number of amides is 2. The van der Waals surface area contributed by atoms with Crippen molar-refractivity contribution >= 4 is 40.3 Å². The van der Waals surface area contributed by atoms with Gasteiger partial charge in [0.1, 0.15) is 0 Å². The fourth-order valence-electron chi connectivity index (χ4n) is 4.18. The zero-order chi connectivity index (χ0) is 24.2. The Morgan fingerprint density at radius 1 is 1.09 bits per heavy atom. The highest BCUT2D eigenvalue weighted by atomic mass is 32.2. The van der Waals surface area contributed by atoms with Gasteiger partial charge in [-0.3, -0.25) is 0 Å².